The van der Waals surface area contributed by atoms with E-state index in [0.717, 1.165) is 37.1 Å². The average molecular weight is 309 g/mol. The summed E-state index contributed by atoms with van der Waals surface area (Å²) in [6.07, 6.45) is 2.71. The van der Waals surface area contributed by atoms with Crippen molar-refractivity contribution in [3.63, 3.8) is 0 Å². The van der Waals surface area contributed by atoms with Gasteiger partial charge in [-0.1, -0.05) is 25.0 Å². The first-order chi connectivity index (χ1) is 10.5. The lowest BCUT2D eigenvalue weighted by Crippen LogP contribution is -2.44. The number of ether oxygens (including phenoxy) is 3. The number of aromatic nitrogens is 3. The Labute approximate surface area is 129 Å². The topological polar surface area (TPSA) is 78.6 Å². The third-order valence-corrected chi connectivity index (χ3v) is 4.82. The zero-order valence-electron chi connectivity index (χ0n) is 13.3. The molecule has 4 heterocycles. The van der Waals surface area contributed by atoms with Crippen LogP contribution in [0.5, 0.6) is 0 Å². The van der Waals surface area contributed by atoms with Gasteiger partial charge in [-0.3, -0.25) is 0 Å². The zero-order chi connectivity index (χ0) is 15.5. The lowest BCUT2D eigenvalue weighted by molar-refractivity contribution is -0.228. The van der Waals surface area contributed by atoms with E-state index in [1.54, 1.807) is 4.68 Å². The fourth-order valence-corrected chi connectivity index (χ4v) is 3.83. The summed E-state index contributed by atoms with van der Waals surface area (Å²) < 4.78 is 19.3. The van der Waals surface area contributed by atoms with Gasteiger partial charge in [-0.2, -0.15) is 0 Å². The number of aliphatic hydroxyl groups is 1. The molecule has 2 fully saturated rings. The van der Waals surface area contributed by atoms with Gasteiger partial charge in [0, 0.05) is 0 Å². The number of unbranched alkanes of at least 4 members (excludes halogenated alkanes) is 2. The average Bonchev–Trinajstić information content (AvgIpc) is 3.10. The molecule has 3 aliphatic heterocycles. The monoisotopic (exact) mass is 309 g/mol. The Morgan fingerprint density at radius 1 is 1.32 bits per heavy atom. The summed E-state index contributed by atoms with van der Waals surface area (Å²) in [6.45, 7) is 6.33. The van der Waals surface area contributed by atoms with Crippen molar-refractivity contribution in [1.29, 1.82) is 0 Å². The van der Waals surface area contributed by atoms with Crippen molar-refractivity contribution in [1.82, 2.24) is 15.0 Å². The van der Waals surface area contributed by atoms with Crippen LogP contribution in [-0.4, -0.2) is 44.4 Å². The van der Waals surface area contributed by atoms with Gasteiger partial charge in [0.05, 0.1) is 17.9 Å². The highest BCUT2D eigenvalue weighted by Gasteiger charge is 2.68. The SMILES string of the molecule is CCCCCc1nnn2c1C1(O)C(C2)OC2OC(C)(C)OC21. The smallest absolute Gasteiger partial charge is 0.191 e. The van der Waals surface area contributed by atoms with Crippen LogP contribution in [0.4, 0.5) is 0 Å². The number of hydrogen-bond donors (Lipinski definition) is 1. The first-order valence-corrected chi connectivity index (χ1v) is 8.12. The third kappa shape index (κ3) is 1.89. The highest BCUT2D eigenvalue weighted by molar-refractivity contribution is 5.30. The molecule has 4 atom stereocenters. The van der Waals surface area contributed by atoms with Gasteiger partial charge in [0.25, 0.3) is 0 Å². The van der Waals surface area contributed by atoms with Gasteiger partial charge in [-0.25, -0.2) is 4.68 Å². The summed E-state index contributed by atoms with van der Waals surface area (Å²) in [5.41, 5.74) is 0.391. The largest absolute Gasteiger partial charge is 0.378 e. The second-order valence-electron chi connectivity index (χ2n) is 6.90. The summed E-state index contributed by atoms with van der Waals surface area (Å²) in [6, 6.07) is 0. The Bertz CT molecular complexity index is 587. The molecule has 22 heavy (non-hydrogen) atoms. The van der Waals surface area contributed by atoms with Crippen molar-refractivity contribution in [2.24, 2.45) is 0 Å². The van der Waals surface area contributed by atoms with Crippen LogP contribution in [0.2, 0.25) is 0 Å². The maximum absolute atomic E-state index is 11.4. The van der Waals surface area contributed by atoms with Crippen molar-refractivity contribution >= 4 is 0 Å². The van der Waals surface area contributed by atoms with Crippen molar-refractivity contribution in [2.75, 3.05) is 0 Å². The number of nitrogens with zero attached hydrogens (tertiary/aromatic N) is 3. The second kappa shape index (κ2) is 4.74. The van der Waals surface area contributed by atoms with Gasteiger partial charge in [0.2, 0.25) is 0 Å². The quantitative estimate of drug-likeness (QED) is 0.839. The van der Waals surface area contributed by atoms with E-state index in [1.807, 2.05) is 13.8 Å². The molecule has 0 spiro atoms. The zero-order valence-corrected chi connectivity index (χ0v) is 13.3. The maximum atomic E-state index is 11.4. The highest BCUT2D eigenvalue weighted by Crippen LogP contribution is 2.51. The summed E-state index contributed by atoms with van der Waals surface area (Å²) in [4.78, 5) is 0. The van der Waals surface area contributed by atoms with Gasteiger partial charge < -0.3 is 19.3 Å². The summed E-state index contributed by atoms with van der Waals surface area (Å²) in [5.74, 6) is -0.751. The molecule has 0 radical (unpaired) electrons. The molecule has 2 saturated heterocycles. The normalized spacial score (nSPS) is 38.1. The standard InChI is InChI=1S/C15H23N3O4/c1-4-5-6-7-9-11-15(19)10(8-18(11)17-16-9)20-13-12(15)21-14(2,3)22-13/h10,12-13,19H,4-8H2,1-3H3. The fourth-order valence-electron chi connectivity index (χ4n) is 3.83. The fraction of sp³-hybridized carbons (Fsp3) is 0.867. The van der Waals surface area contributed by atoms with Crippen LogP contribution in [0.25, 0.3) is 0 Å². The molecule has 0 aromatic carbocycles. The van der Waals surface area contributed by atoms with E-state index in [0.29, 0.717) is 6.54 Å². The first kappa shape index (κ1) is 14.6. The molecule has 1 aromatic rings. The lowest BCUT2D eigenvalue weighted by Gasteiger charge is -2.28. The molecule has 122 valence electrons. The molecule has 3 aliphatic rings. The molecule has 0 bridgehead atoms. The molecule has 0 amide bonds. The molecule has 4 unspecified atom stereocenters. The van der Waals surface area contributed by atoms with Gasteiger partial charge in [0.1, 0.15) is 12.2 Å². The van der Waals surface area contributed by atoms with Crippen LogP contribution in [-0.2, 0) is 32.8 Å². The van der Waals surface area contributed by atoms with Gasteiger partial charge in [-0.15, -0.1) is 5.10 Å². The Balaban J connectivity index is 1.66. The number of aryl methyl sites for hydroxylation is 1. The minimum atomic E-state index is -1.22. The van der Waals surface area contributed by atoms with Gasteiger partial charge in [0.15, 0.2) is 17.7 Å². The van der Waals surface area contributed by atoms with Crippen LogP contribution >= 0.6 is 0 Å². The van der Waals surface area contributed by atoms with Crippen LogP contribution in [0.3, 0.4) is 0 Å². The molecule has 0 saturated carbocycles. The Hall–Kier alpha value is -1.02. The molecule has 4 rings (SSSR count). The van der Waals surface area contributed by atoms with E-state index in [-0.39, 0.29) is 6.10 Å². The summed E-state index contributed by atoms with van der Waals surface area (Å²) >= 11 is 0. The van der Waals surface area contributed by atoms with E-state index in [4.69, 9.17) is 14.2 Å². The lowest BCUT2D eigenvalue weighted by atomic mass is 9.89. The predicted octanol–water partition coefficient (Wildman–Crippen LogP) is 1.09. The van der Waals surface area contributed by atoms with Crippen LogP contribution in [0, 0.1) is 0 Å². The maximum Gasteiger partial charge on any atom is 0.191 e. The van der Waals surface area contributed by atoms with E-state index in [1.165, 1.54) is 0 Å². The Morgan fingerprint density at radius 3 is 2.91 bits per heavy atom. The summed E-state index contributed by atoms with van der Waals surface area (Å²) in [7, 11) is 0. The van der Waals surface area contributed by atoms with Gasteiger partial charge in [-0.05, 0) is 26.7 Å². The minimum absolute atomic E-state index is 0.381. The highest BCUT2D eigenvalue weighted by atomic mass is 16.8. The van der Waals surface area contributed by atoms with Crippen molar-refractivity contribution in [3.05, 3.63) is 11.4 Å². The van der Waals surface area contributed by atoms with E-state index in [9.17, 15) is 5.11 Å². The Kier molecular flexibility index (Phi) is 3.14. The number of hydrogen-bond acceptors (Lipinski definition) is 6. The number of rotatable bonds is 4. The molecule has 1 aromatic heterocycles. The van der Waals surface area contributed by atoms with E-state index >= 15 is 0 Å². The van der Waals surface area contributed by atoms with Crippen molar-refractivity contribution in [3.8, 4) is 0 Å². The van der Waals surface area contributed by atoms with Gasteiger partial charge >= 0.3 is 0 Å². The molecule has 7 nitrogen and oxygen atoms in total. The van der Waals surface area contributed by atoms with E-state index < -0.39 is 23.8 Å². The molecule has 0 aliphatic carbocycles. The van der Waals surface area contributed by atoms with Crippen LogP contribution in [0.1, 0.15) is 51.4 Å². The van der Waals surface area contributed by atoms with Crippen LogP contribution < -0.4 is 0 Å². The first-order valence-electron chi connectivity index (χ1n) is 8.12. The van der Waals surface area contributed by atoms with Crippen LogP contribution in [0.15, 0.2) is 0 Å². The second-order valence-corrected chi connectivity index (χ2v) is 6.90. The molecule has 1 N–H and O–H groups in total. The van der Waals surface area contributed by atoms with E-state index in [2.05, 4.69) is 17.2 Å². The van der Waals surface area contributed by atoms with Crippen molar-refractivity contribution in [2.45, 2.75) is 82.9 Å². The molecular formula is C15H23N3O4. The number of fused-ring (bicyclic) bond motifs is 5. The third-order valence-electron chi connectivity index (χ3n) is 4.82. The Morgan fingerprint density at radius 2 is 2.14 bits per heavy atom. The predicted molar refractivity (Wildman–Crippen MR) is 75.8 cm³/mol. The summed E-state index contributed by atoms with van der Waals surface area (Å²) in [5, 5.41) is 19.8. The molecular weight excluding hydrogens is 286 g/mol. The molecule has 7 heteroatoms. The minimum Gasteiger partial charge on any atom is -0.378 e. The van der Waals surface area contributed by atoms with Crippen molar-refractivity contribution < 1.29 is 19.3 Å².